The molecule has 4 aromatic rings. The van der Waals surface area contributed by atoms with Crippen molar-refractivity contribution in [1.82, 2.24) is 4.57 Å². The summed E-state index contributed by atoms with van der Waals surface area (Å²) in [5.74, 6) is 0. The molecule has 0 unspecified atom stereocenters. The highest BCUT2D eigenvalue weighted by Crippen LogP contribution is 2.36. The van der Waals surface area contributed by atoms with Crippen LogP contribution in [0.3, 0.4) is 0 Å². The molecular weight excluding hydrogens is 534 g/mol. The van der Waals surface area contributed by atoms with Crippen molar-refractivity contribution in [3.63, 3.8) is 0 Å². The second-order valence-electron chi connectivity index (χ2n) is 10.9. The van der Waals surface area contributed by atoms with Crippen molar-refractivity contribution in [1.29, 1.82) is 0 Å². The van der Waals surface area contributed by atoms with Crippen molar-refractivity contribution < 1.29 is 0 Å². The standard InChI is InChI=1S/C41H45N3/c1-9-14-16-21-29(6)36-28-33(44-40(19-10-2)34(12-4)35(13-5)41(44)20-11-3)24-25-37(36)43-39-27-30(7)38(26-31(39)8)42-32-22-17-15-18-23-32/h9-10,12-19,21-28,42-43H,4-6,11,20H2,1-3,7-8H3/b14-9-,19-10-,21-16-. The summed E-state index contributed by atoms with van der Waals surface area (Å²) in [5.41, 5.74) is 14.2. The second kappa shape index (κ2) is 14.9. The zero-order chi connectivity index (χ0) is 31.6. The average Bonchev–Trinajstić information content (AvgIpc) is 3.32. The lowest BCUT2D eigenvalue weighted by Gasteiger charge is -2.20. The fourth-order valence-corrected chi connectivity index (χ4v) is 5.55. The number of anilines is 4. The highest BCUT2D eigenvalue weighted by atomic mass is 15.0. The van der Waals surface area contributed by atoms with E-state index >= 15 is 0 Å². The fraction of sp³-hybridized carbons (Fsp3) is 0.171. The van der Waals surface area contributed by atoms with E-state index in [-0.39, 0.29) is 0 Å². The Morgan fingerprint density at radius 1 is 0.795 bits per heavy atom. The summed E-state index contributed by atoms with van der Waals surface area (Å²) in [4.78, 5) is 0. The van der Waals surface area contributed by atoms with Crippen molar-refractivity contribution in [2.75, 3.05) is 10.6 Å². The molecule has 224 valence electrons. The first-order valence-corrected chi connectivity index (χ1v) is 15.3. The second-order valence-corrected chi connectivity index (χ2v) is 10.9. The predicted molar refractivity (Wildman–Crippen MR) is 197 cm³/mol. The maximum absolute atomic E-state index is 4.48. The Labute approximate surface area is 264 Å². The van der Waals surface area contributed by atoms with Crippen LogP contribution in [0.1, 0.15) is 66.4 Å². The molecule has 0 aliphatic heterocycles. The van der Waals surface area contributed by atoms with Crippen LogP contribution in [0.5, 0.6) is 0 Å². The minimum atomic E-state index is 0.925. The Hall–Kier alpha value is -5.02. The highest BCUT2D eigenvalue weighted by molar-refractivity contribution is 5.86. The quantitative estimate of drug-likeness (QED) is 0.154. The molecule has 4 rings (SSSR count). The number of rotatable bonds is 13. The van der Waals surface area contributed by atoms with Crippen LogP contribution in [0.25, 0.3) is 29.5 Å². The van der Waals surface area contributed by atoms with E-state index < -0.39 is 0 Å². The van der Waals surface area contributed by atoms with E-state index in [9.17, 15) is 0 Å². The van der Waals surface area contributed by atoms with Gasteiger partial charge in [0.25, 0.3) is 0 Å². The largest absolute Gasteiger partial charge is 0.355 e. The van der Waals surface area contributed by atoms with Gasteiger partial charge in [-0.2, -0.15) is 0 Å². The summed E-state index contributed by atoms with van der Waals surface area (Å²) < 4.78 is 2.35. The van der Waals surface area contributed by atoms with Gasteiger partial charge >= 0.3 is 0 Å². The Bertz CT molecular complexity index is 1740. The van der Waals surface area contributed by atoms with E-state index in [0.29, 0.717) is 0 Å². The van der Waals surface area contributed by atoms with Crippen LogP contribution < -0.4 is 10.6 Å². The maximum atomic E-state index is 4.48. The van der Waals surface area contributed by atoms with E-state index in [0.717, 1.165) is 80.4 Å². The van der Waals surface area contributed by atoms with Crippen molar-refractivity contribution in [3.05, 3.63) is 150 Å². The summed E-state index contributed by atoms with van der Waals surface area (Å²) in [6, 6.07) is 21.3. The van der Waals surface area contributed by atoms with E-state index in [4.69, 9.17) is 0 Å². The fourth-order valence-electron chi connectivity index (χ4n) is 5.55. The minimum absolute atomic E-state index is 0.925. The summed E-state index contributed by atoms with van der Waals surface area (Å²) in [7, 11) is 0. The lowest BCUT2D eigenvalue weighted by atomic mass is 10.0. The zero-order valence-corrected chi connectivity index (χ0v) is 26.9. The number of aromatic nitrogens is 1. The molecule has 44 heavy (non-hydrogen) atoms. The van der Waals surface area contributed by atoms with Crippen LogP contribution in [0, 0.1) is 13.8 Å². The highest BCUT2D eigenvalue weighted by Gasteiger charge is 2.20. The van der Waals surface area contributed by atoms with Crippen LogP contribution >= 0.6 is 0 Å². The zero-order valence-electron chi connectivity index (χ0n) is 26.9. The smallest absolute Gasteiger partial charge is 0.0534 e. The van der Waals surface area contributed by atoms with Crippen LogP contribution in [-0.2, 0) is 6.42 Å². The van der Waals surface area contributed by atoms with Crippen LogP contribution in [0.15, 0.2) is 111 Å². The SMILES string of the molecule is C=Cc1c(C=C)c(CCC)n(-c2ccc(Nc3cc(C)c(Nc4ccccc4)cc3C)c(C(=C)/C=C\C=C/C)c2)c1/C=C\C. The molecule has 3 nitrogen and oxygen atoms in total. The van der Waals surface area contributed by atoms with Crippen molar-refractivity contribution in [3.8, 4) is 5.69 Å². The third-order valence-electron chi connectivity index (χ3n) is 7.71. The van der Waals surface area contributed by atoms with Gasteiger partial charge in [0.15, 0.2) is 0 Å². The van der Waals surface area contributed by atoms with Crippen LogP contribution in [-0.4, -0.2) is 4.57 Å². The number of hydrogen-bond acceptors (Lipinski definition) is 2. The Morgan fingerprint density at radius 3 is 2.09 bits per heavy atom. The van der Waals surface area contributed by atoms with E-state index in [1.54, 1.807) is 0 Å². The molecular formula is C41H45N3. The molecule has 0 aliphatic rings. The van der Waals surface area contributed by atoms with Gasteiger partial charge in [0.1, 0.15) is 0 Å². The molecule has 0 fully saturated rings. The molecule has 0 bridgehead atoms. The van der Waals surface area contributed by atoms with E-state index in [2.05, 4.69) is 123 Å². The van der Waals surface area contributed by atoms with Gasteiger partial charge in [-0.15, -0.1) is 0 Å². The van der Waals surface area contributed by atoms with Gasteiger partial charge in [-0.3, -0.25) is 0 Å². The third kappa shape index (κ3) is 6.95. The number of para-hydroxylation sites is 1. The molecule has 3 aromatic carbocycles. The lowest BCUT2D eigenvalue weighted by molar-refractivity contribution is 0.838. The topological polar surface area (TPSA) is 29.0 Å². The van der Waals surface area contributed by atoms with E-state index in [1.165, 1.54) is 5.69 Å². The van der Waals surface area contributed by atoms with Crippen LogP contribution in [0.4, 0.5) is 22.7 Å². The maximum Gasteiger partial charge on any atom is 0.0534 e. The van der Waals surface area contributed by atoms with E-state index in [1.807, 2.05) is 55.5 Å². The summed E-state index contributed by atoms with van der Waals surface area (Å²) >= 11 is 0. The first-order valence-electron chi connectivity index (χ1n) is 15.3. The minimum Gasteiger partial charge on any atom is -0.355 e. The molecule has 1 heterocycles. The molecule has 0 spiro atoms. The lowest BCUT2D eigenvalue weighted by Crippen LogP contribution is -2.05. The van der Waals surface area contributed by atoms with Gasteiger partial charge < -0.3 is 15.2 Å². The normalized spacial score (nSPS) is 11.5. The monoisotopic (exact) mass is 579 g/mol. The number of nitrogens with zero attached hydrogens (tertiary/aromatic N) is 1. The number of nitrogens with one attached hydrogen (secondary N) is 2. The Morgan fingerprint density at radius 2 is 1.48 bits per heavy atom. The molecule has 0 aliphatic carbocycles. The summed E-state index contributed by atoms with van der Waals surface area (Å²) in [5, 5.41) is 7.30. The molecule has 0 amide bonds. The molecule has 0 atom stereocenters. The van der Waals surface area contributed by atoms with Crippen molar-refractivity contribution in [2.24, 2.45) is 0 Å². The summed E-state index contributed by atoms with van der Waals surface area (Å²) in [6.07, 6.45) is 18.2. The Kier molecular flexibility index (Phi) is 10.8. The molecule has 3 heteroatoms. The van der Waals surface area contributed by atoms with Gasteiger partial charge in [-0.05, 0) is 99.4 Å². The van der Waals surface area contributed by atoms with Gasteiger partial charge in [0.2, 0.25) is 0 Å². The van der Waals surface area contributed by atoms with Gasteiger partial charge in [0, 0.05) is 50.8 Å². The van der Waals surface area contributed by atoms with Gasteiger partial charge in [-0.25, -0.2) is 0 Å². The molecule has 0 saturated carbocycles. The van der Waals surface area contributed by atoms with Crippen molar-refractivity contribution in [2.45, 2.75) is 47.5 Å². The molecule has 0 saturated heterocycles. The molecule has 0 radical (unpaired) electrons. The number of benzene rings is 3. The van der Waals surface area contributed by atoms with Gasteiger partial charge in [-0.1, -0.05) is 93.8 Å². The van der Waals surface area contributed by atoms with Crippen molar-refractivity contribution >= 4 is 46.6 Å². The summed E-state index contributed by atoms with van der Waals surface area (Å²) in [6.45, 7) is 23.3. The Balaban J connectivity index is 1.85. The molecule has 2 N–H and O–H groups in total. The number of hydrogen-bond donors (Lipinski definition) is 2. The number of aryl methyl sites for hydroxylation is 2. The first-order chi connectivity index (χ1) is 21.4. The average molecular weight is 580 g/mol. The predicted octanol–water partition coefficient (Wildman–Crippen LogP) is 12.0. The first kappa shape index (κ1) is 31.9. The number of allylic oxidation sites excluding steroid dienone is 6. The molecule has 1 aromatic heterocycles. The van der Waals surface area contributed by atoms with Gasteiger partial charge in [0.05, 0.1) is 5.69 Å². The third-order valence-corrected chi connectivity index (χ3v) is 7.71. The van der Waals surface area contributed by atoms with Crippen LogP contribution in [0.2, 0.25) is 0 Å².